The van der Waals surface area contributed by atoms with Gasteiger partial charge in [-0.1, -0.05) is 32.0 Å². The smallest absolute Gasteiger partial charge is 0.276 e. The Kier molecular flexibility index (Phi) is 4.20. The molecule has 0 unspecified atom stereocenters. The van der Waals surface area contributed by atoms with Crippen molar-refractivity contribution in [2.24, 2.45) is 0 Å². The van der Waals surface area contributed by atoms with E-state index in [9.17, 15) is 0 Å². The van der Waals surface area contributed by atoms with E-state index < -0.39 is 0 Å². The van der Waals surface area contributed by atoms with Gasteiger partial charge in [0.15, 0.2) is 5.82 Å². The molecule has 0 amide bonds. The topological polar surface area (TPSA) is 76.8 Å². The van der Waals surface area contributed by atoms with Gasteiger partial charge < -0.3 is 14.2 Å². The van der Waals surface area contributed by atoms with Crippen LogP contribution in [0.5, 0.6) is 0 Å². The molecular formula is C20H22N4O2. The van der Waals surface area contributed by atoms with Crippen LogP contribution in [-0.2, 0) is 17.8 Å². The van der Waals surface area contributed by atoms with Crippen molar-refractivity contribution < 1.29 is 9.26 Å². The minimum atomic E-state index is 0.419. The summed E-state index contributed by atoms with van der Waals surface area (Å²) in [5.74, 6) is 1.57. The highest BCUT2D eigenvalue weighted by atomic mass is 16.5. The SMILES string of the molecule is CCc1noc(-c2ncc3[nH]c4ccc(C(C)C)cc4c3c2COC)n1. The molecule has 134 valence electrons. The van der Waals surface area contributed by atoms with Gasteiger partial charge in [-0.3, -0.25) is 0 Å². The molecule has 3 heterocycles. The average molecular weight is 350 g/mol. The fourth-order valence-electron chi connectivity index (χ4n) is 3.30. The lowest BCUT2D eigenvalue weighted by Gasteiger charge is -2.08. The van der Waals surface area contributed by atoms with Gasteiger partial charge in [0.05, 0.1) is 18.3 Å². The van der Waals surface area contributed by atoms with E-state index in [4.69, 9.17) is 9.26 Å². The minimum Gasteiger partial charge on any atom is -0.380 e. The molecule has 0 saturated heterocycles. The summed E-state index contributed by atoms with van der Waals surface area (Å²) in [6.07, 6.45) is 2.55. The Hall–Kier alpha value is -2.73. The van der Waals surface area contributed by atoms with Gasteiger partial charge in [-0.05, 0) is 23.6 Å². The van der Waals surface area contributed by atoms with Crippen molar-refractivity contribution in [3.8, 4) is 11.6 Å². The van der Waals surface area contributed by atoms with Crippen molar-refractivity contribution in [3.05, 3.63) is 41.3 Å². The first-order valence-electron chi connectivity index (χ1n) is 8.87. The van der Waals surface area contributed by atoms with Gasteiger partial charge in [0.25, 0.3) is 5.89 Å². The van der Waals surface area contributed by atoms with E-state index in [1.807, 2.05) is 13.1 Å². The van der Waals surface area contributed by atoms with Crippen LogP contribution in [0.15, 0.2) is 28.9 Å². The summed E-state index contributed by atoms with van der Waals surface area (Å²) in [4.78, 5) is 12.5. The zero-order chi connectivity index (χ0) is 18.3. The number of aromatic amines is 1. The number of fused-ring (bicyclic) bond motifs is 3. The molecule has 1 N–H and O–H groups in total. The molecule has 1 aromatic carbocycles. The number of hydrogen-bond donors (Lipinski definition) is 1. The second-order valence-electron chi connectivity index (χ2n) is 6.76. The maximum atomic E-state index is 5.48. The van der Waals surface area contributed by atoms with Crippen LogP contribution in [0.2, 0.25) is 0 Å². The van der Waals surface area contributed by atoms with Gasteiger partial charge in [0.1, 0.15) is 5.69 Å². The Bertz CT molecular complexity index is 1080. The average Bonchev–Trinajstić information content (AvgIpc) is 3.25. The number of hydrogen-bond acceptors (Lipinski definition) is 5. The summed E-state index contributed by atoms with van der Waals surface area (Å²) in [5.41, 5.74) is 5.00. The minimum absolute atomic E-state index is 0.419. The molecule has 0 atom stereocenters. The molecule has 0 bridgehead atoms. The third kappa shape index (κ3) is 2.66. The Balaban J connectivity index is 2.02. The van der Waals surface area contributed by atoms with Crippen molar-refractivity contribution in [1.82, 2.24) is 20.1 Å². The number of benzene rings is 1. The molecule has 6 nitrogen and oxygen atoms in total. The monoisotopic (exact) mass is 350 g/mol. The summed E-state index contributed by atoms with van der Waals surface area (Å²) >= 11 is 0. The number of aromatic nitrogens is 4. The molecule has 4 rings (SSSR count). The fourth-order valence-corrected chi connectivity index (χ4v) is 3.30. The zero-order valence-electron chi connectivity index (χ0n) is 15.5. The van der Waals surface area contributed by atoms with E-state index in [-0.39, 0.29) is 0 Å². The van der Waals surface area contributed by atoms with E-state index in [1.54, 1.807) is 7.11 Å². The van der Waals surface area contributed by atoms with Crippen LogP contribution in [0, 0.1) is 0 Å². The Morgan fingerprint density at radius 3 is 2.77 bits per heavy atom. The van der Waals surface area contributed by atoms with Crippen LogP contribution in [-0.4, -0.2) is 27.2 Å². The summed E-state index contributed by atoms with van der Waals surface area (Å²) in [7, 11) is 1.68. The van der Waals surface area contributed by atoms with Gasteiger partial charge >= 0.3 is 0 Å². The summed E-state index contributed by atoms with van der Waals surface area (Å²) in [6, 6.07) is 6.54. The standard InChI is InChI=1S/C20H22N4O2/c1-5-17-23-20(26-24-17)19-14(10-25-4)18-13-8-12(11(2)3)6-7-15(13)22-16(18)9-21-19/h6-9,11,22H,5,10H2,1-4H3. The molecule has 4 aromatic rings. The summed E-state index contributed by atoms with van der Waals surface area (Å²) in [6.45, 7) is 6.81. The van der Waals surface area contributed by atoms with Crippen molar-refractivity contribution in [3.63, 3.8) is 0 Å². The first kappa shape index (κ1) is 16.7. The largest absolute Gasteiger partial charge is 0.380 e. The Labute approximate surface area is 151 Å². The lowest BCUT2D eigenvalue weighted by molar-refractivity contribution is 0.186. The number of nitrogens with zero attached hydrogens (tertiary/aromatic N) is 3. The third-order valence-corrected chi connectivity index (χ3v) is 4.70. The molecular weight excluding hydrogens is 328 g/mol. The van der Waals surface area contributed by atoms with Gasteiger partial charge in [0, 0.05) is 35.4 Å². The van der Waals surface area contributed by atoms with E-state index >= 15 is 0 Å². The molecule has 0 saturated carbocycles. The second kappa shape index (κ2) is 6.53. The van der Waals surface area contributed by atoms with Crippen molar-refractivity contribution in [2.75, 3.05) is 7.11 Å². The fraction of sp³-hybridized carbons (Fsp3) is 0.350. The molecule has 6 heteroatoms. The number of methoxy groups -OCH3 is 1. The summed E-state index contributed by atoms with van der Waals surface area (Å²) < 4.78 is 10.9. The quantitative estimate of drug-likeness (QED) is 0.569. The number of ether oxygens (including phenoxy) is 1. The predicted octanol–water partition coefficient (Wildman–Crippen LogP) is 4.60. The number of pyridine rings is 1. The predicted molar refractivity (Wildman–Crippen MR) is 101 cm³/mol. The van der Waals surface area contributed by atoms with E-state index in [1.165, 1.54) is 5.56 Å². The Morgan fingerprint density at radius 2 is 2.08 bits per heavy atom. The van der Waals surface area contributed by atoms with Crippen LogP contribution < -0.4 is 0 Å². The molecule has 0 aliphatic heterocycles. The second-order valence-corrected chi connectivity index (χ2v) is 6.76. The van der Waals surface area contributed by atoms with Crippen molar-refractivity contribution in [2.45, 2.75) is 39.7 Å². The summed E-state index contributed by atoms with van der Waals surface area (Å²) in [5, 5.41) is 6.27. The van der Waals surface area contributed by atoms with Gasteiger partial charge in [-0.25, -0.2) is 4.98 Å². The maximum Gasteiger partial charge on any atom is 0.276 e. The first-order chi connectivity index (χ1) is 12.6. The zero-order valence-corrected chi connectivity index (χ0v) is 15.5. The molecule has 3 aromatic heterocycles. The number of nitrogens with one attached hydrogen (secondary N) is 1. The molecule has 0 aliphatic carbocycles. The van der Waals surface area contributed by atoms with Crippen LogP contribution in [0.1, 0.15) is 43.6 Å². The Morgan fingerprint density at radius 1 is 1.23 bits per heavy atom. The van der Waals surface area contributed by atoms with E-state index in [2.05, 4.69) is 52.2 Å². The highest BCUT2D eigenvalue weighted by Crippen LogP contribution is 2.34. The lowest BCUT2D eigenvalue weighted by Crippen LogP contribution is -1.97. The van der Waals surface area contributed by atoms with Gasteiger partial charge in [0.2, 0.25) is 0 Å². The van der Waals surface area contributed by atoms with Gasteiger partial charge in [-0.2, -0.15) is 4.98 Å². The third-order valence-electron chi connectivity index (χ3n) is 4.70. The van der Waals surface area contributed by atoms with E-state index in [0.29, 0.717) is 29.9 Å². The number of aryl methyl sites for hydroxylation is 1. The van der Waals surface area contributed by atoms with Crippen LogP contribution >= 0.6 is 0 Å². The normalized spacial score (nSPS) is 11.9. The van der Waals surface area contributed by atoms with E-state index in [0.717, 1.165) is 33.8 Å². The number of rotatable bonds is 5. The first-order valence-corrected chi connectivity index (χ1v) is 8.87. The lowest BCUT2D eigenvalue weighted by atomic mass is 9.99. The maximum absolute atomic E-state index is 5.48. The van der Waals surface area contributed by atoms with Crippen LogP contribution in [0.4, 0.5) is 0 Å². The molecule has 26 heavy (non-hydrogen) atoms. The highest BCUT2D eigenvalue weighted by molar-refractivity contribution is 6.10. The molecule has 0 aliphatic rings. The van der Waals surface area contributed by atoms with Crippen molar-refractivity contribution >= 4 is 21.8 Å². The molecule has 0 fully saturated rings. The van der Waals surface area contributed by atoms with Gasteiger partial charge in [-0.15, -0.1) is 0 Å². The number of H-pyrrole nitrogens is 1. The molecule has 0 spiro atoms. The highest BCUT2D eigenvalue weighted by Gasteiger charge is 2.20. The van der Waals surface area contributed by atoms with Crippen LogP contribution in [0.3, 0.4) is 0 Å². The van der Waals surface area contributed by atoms with Crippen LogP contribution in [0.25, 0.3) is 33.4 Å². The van der Waals surface area contributed by atoms with Crippen molar-refractivity contribution in [1.29, 1.82) is 0 Å². The molecule has 0 radical (unpaired) electrons.